The van der Waals surface area contributed by atoms with Crippen LogP contribution < -0.4 is 5.73 Å². The molecule has 0 heterocycles. The first-order valence-corrected chi connectivity index (χ1v) is 4.76. The maximum absolute atomic E-state index is 13.6. The molecule has 1 atom stereocenters. The van der Waals surface area contributed by atoms with Crippen molar-refractivity contribution in [2.24, 2.45) is 5.73 Å². The fourth-order valence-corrected chi connectivity index (χ4v) is 1.60. The lowest BCUT2D eigenvalue weighted by molar-refractivity contribution is 0.576. The second-order valence-corrected chi connectivity index (χ2v) is 3.63. The van der Waals surface area contributed by atoms with E-state index in [2.05, 4.69) is 6.58 Å². The number of benzene rings is 1. The van der Waals surface area contributed by atoms with Crippen LogP contribution in [-0.2, 0) is 0 Å². The first-order chi connectivity index (χ1) is 6.57. The SMILES string of the molecule is C=CC[C@H](N)c1c(Cl)ccc(C)c1F.Cl. The molecule has 0 saturated heterocycles. The van der Waals surface area contributed by atoms with E-state index in [1.807, 2.05) is 0 Å². The lowest BCUT2D eigenvalue weighted by Gasteiger charge is -2.13. The van der Waals surface area contributed by atoms with Crippen LogP contribution in [0.5, 0.6) is 0 Å². The summed E-state index contributed by atoms with van der Waals surface area (Å²) in [5.74, 6) is -0.313. The molecule has 0 saturated carbocycles. The Kier molecular flexibility index (Phi) is 5.88. The van der Waals surface area contributed by atoms with Gasteiger partial charge in [0.1, 0.15) is 5.82 Å². The molecule has 0 fully saturated rings. The zero-order valence-corrected chi connectivity index (χ0v) is 10.0. The number of hydrogen-bond acceptors (Lipinski definition) is 1. The monoisotopic (exact) mass is 249 g/mol. The molecule has 0 amide bonds. The van der Waals surface area contributed by atoms with Gasteiger partial charge in [-0.25, -0.2) is 4.39 Å². The van der Waals surface area contributed by atoms with E-state index in [-0.39, 0.29) is 18.2 Å². The van der Waals surface area contributed by atoms with Gasteiger partial charge in [-0.1, -0.05) is 23.7 Å². The van der Waals surface area contributed by atoms with Crippen molar-refractivity contribution in [3.05, 3.63) is 46.8 Å². The van der Waals surface area contributed by atoms with Crippen molar-refractivity contribution in [2.45, 2.75) is 19.4 Å². The molecular formula is C11H14Cl2FN. The molecule has 0 aromatic heterocycles. The summed E-state index contributed by atoms with van der Waals surface area (Å²) in [5, 5.41) is 0.377. The zero-order valence-electron chi connectivity index (χ0n) is 8.47. The van der Waals surface area contributed by atoms with Gasteiger partial charge in [0.05, 0.1) is 0 Å². The van der Waals surface area contributed by atoms with E-state index in [9.17, 15) is 4.39 Å². The number of hydrogen-bond donors (Lipinski definition) is 1. The van der Waals surface area contributed by atoms with Crippen molar-refractivity contribution < 1.29 is 4.39 Å². The molecule has 0 radical (unpaired) electrons. The standard InChI is InChI=1S/C11H13ClFN.ClH/c1-3-4-9(14)10-8(12)6-5-7(2)11(10)13;/h3,5-6,9H,1,4,14H2,2H3;1H/t9-;/m0./s1. The minimum Gasteiger partial charge on any atom is -0.324 e. The highest BCUT2D eigenvalue weighted by Gasteiger charge is 2.15. The third-order valence-electron chi connectivity index (χ3n) is 2.11. The predicted octanol–water partition coefficient (Wildman–Crippen LogP) is 3.79. The summed E-state index contributed by atoms with van der Waals surface area (Å²) in [6.07, 6.45) is 2.17. The van der Waals surface area contributed by atoms with Gasteiger partial charge in [-0.15, -0.1) is 19.0 Å². The topological polar surface area (TPSA) is 26.0 Å². The van der Waals surface area contributed by atoms with E-state index >= 15 is 0 Å². The molecule has 0 spiro atoms. The highest BCUT2D eigenvalue weighted by atomic mass is 35.5. The minimum atomic E-state index is -0.417. The van der Waals surface area contributed by atoms with Crippen LogP contribution in [0.15, 0.2) is 24.8 Å². The van der Waals surface area contributed by atoms with Gasteiger partial charge >= 0.3 is 0 Å². The summed E-state index contributed by atoms with van der Waals surface area (Å²) < 4.78 is 13.6. The average molecular weight is 250 g/mol. The first kappa shape index (κ1) is 14.4. The van der Waals surface area contributed by atoms with Crippen molar-refractivity contribution in [3.63, 3.8) is 0 Å². The van der Waals surface area contributed by atoms with E-state index in [1.54, 1.807) is 25.1 Å². The summed E-state index contributed by atoms with van der Waals surface area (Å²) in [4.78, 5) is 0. The Morgan fingerprint density at radius 1 is 1.60 bits per heavy atom. The molecule has 15 heavy (non-hydrogen) atoms. The molecule has 84 valence electrons. The molecule has 1 rings (SSSR count). The second-order valence-electron chi connectivity index (χ2n) is 3.22. The van der Waals surface area contributed by atoms with Crippen LogP contribution in [-0.4, -0.2) is 0 Å². The minimum absolute atomic E-state index is 0. The van der Waals surface area contributed by atoms with E-state index in [0.717, 1.165) is 0 Å². The largest absolute Gasteiger partial charge is 0.324 e. The number of aryl methyl sites for hydroxylation is 1. The van der Waals surface area contributed by atoms with Crippen LogP contribution in [0.2, 0.25) is 5.02 Å². The number of nitrogens with two attached hydrogens (primary N) is 1. The van der Waals surface area contributed by atoms with Crippen molar-refractivity contribution >= 4 is 24.0 Å². The molecular weight excluding hydrogens is 236 g/mol. The molecule has 2 N–H and O–H groups in total. The van der Waals surface area contributed by atoms with E-state index < -0.39 is 6.04 Å². The van der Waals surface area contributed by atoms with Crippen LogP contribution in [0.25, 0.3) is 0 Å². The van der Waals surface area contributed by atoms with Crippen LogP contribution in [0, 0.1) is 12.7 Å². The molecule has 0 aliphatic heterocycles. The Morgan fingerprint density at radius 2 is 2.20 bits per heavy atom. The Labute approximate surface area is 101 Å². The fourth-order valence-electron chi connectivity index (χ4n) is 1.32. The maximum Gasteiger partial charge on any atom is 0.132 e. The molecule has 0 bridgehead atoms. The average Bonchev–Trinajstić information content (AvgIpc) is 2.13. The van der Waals surface area contributed by atoms with E-state index in [1.165, 1.54) is 0 Å². The molecule has 0 aliphatic rings. The number of halogens is 3. The van der Waals surface area contributed by atoms with E-state index in [0.29, 0.717) is 22.6 Å². The molecule has 1 aromatic carbocycles. The van der Waals surface area contributed by atoms with Crippen molar-refractivity contribution in [1.82, 2.24) is 0 Å². The summed E-state index contributed by atoms with van der Waals surface area (Å²) >= 11 is 5.88. The van der Waals surface area contributed by atoms with Gasteiger partial charge < -0.3 is 5.73 Å². The Balaban J connectivity index is 0.00000196. The molecule has 4 heteroatoms. The van der Waals surface area contributed by atoms with Crippen molar-refractivity contribution in [2.75, 3.05) is 0 Å². The molecule has 1 nitrogen and oxygen atoms in total. The van der Waals surface area contributed by atoms with Gasteiger partial charge in [0.15, 0.2) is 0 Å². The lowest BCUT2D eigenvalue weighted by Crippen LogP contribution is -2.12. The Morgan fingerprint density at radius 3 is 2.73 bits per heavy atom. The van der Waals surface area contributed by atoms with Gasteiger partial charge in [-0.3, -0.25) is 0 Å². The summed E-state index contributed by atoms with van der Waals surface area (Å²) in [5.41, 5.74) is 6.72. The first-order valence-electron chi connectivity index (χ1n) is 4.39. The third-order valence-corrected chi connectivity index (χ3v) is 2.44. The normalized spacial score (nSPS) is 11.7. The smallest absolute Gasteiger partial charge is 0.132 e. The highest BCUT2D eigenvalue weighted by Crippen LogP contribution is 2.28. The van der Waals surface area contributed by atoms with Crippen LogP contribution in [0.1, 0.15) is 23.6 Å². The molecule has 0 aliphatic carbocycles. The van der Waals surface area contributed by atoms with Crippen molar-refractivity contribution in [3.8, 4) is 0 Å². The molecule has 1 aromatic rings. The third kappa shape index (κ3) is 3.20. The van der Waals surface area contributed by atoms with Gasteiger partial charge in [-0.2, -0.15) is 0 Å². The van der Waals surface area contributed by atoms with Crippen molar-refractivity contribution in [1.29, 1.82) is 0 Å². The lowest BCUT2D eigenvalue weighted by atomic mass is 10.0. The number of rotatable bonds is 3. The zero-order chi connectivity index (χ0) is 10.7. The fraction of sp³-hybridized carbons (Fsp3) is 0.273. The highest BCUT2D eigenvalue weighted by molar-refractivity contribution is 6.31. The predicted molar refractivity (Wildman–Crippen MR) is 65.1 cm³/mol. The Hall–Kier alpha value is -0.570. The van der Waals surface area contributed by atoms with Crippen LogP contribution in [0.3, 0.4) is 0 Å². The van der Waals surface area contributed by atoms with Crippen LogP contribution in [0.4, 0.5) is 4.39 Å². The molecule has 0 unspecified atom stereocenters. The van der Waals surface area contributed by atoms with Gasteiger partial charge in [0.25, 0.3) is 0 Å². The maximum atomic E-state index is 13.6. The summed E-state index contributed by atoms with van der Waals surface area (Å²) in [6.45, 7) is 5.25. The van der Waals surface area contributed by atoms with Gasteiger partial charge in [0, 0.05) is 16.6 Å². The van der Waals surface area contributed by atoms with E-state index in [4.69, 9.17) is 17.3 Å². The quantitative estimate of drug-likeness (QED) is 0.811. The van der Waals surface area contributed by atoms with Crippen LogP contribution >= 0.6 is 24.0 Å². The summed E-state index contributed by atoms with van der Waals surface area (Å²) in [7, 11) is 0. The summed E-state index contributed by atoms with van der Waals surface area (Å²) in [6, 6.07) is 2.89. The Bertz CT molecular complexity index is 353. The van der Waals surface area contributed by atoms with Gasteiger partial charge in [0.2, 0.25) is 0 Å². The second kappa shape index (κ2) is 6.11. The van der Waals surface area contributed by atoms with Gasteiger partial charge in [-0.05, 0) is 25.0 Å².